The van der Waals surface area contributed by atoms with E-state index in [9.17, 15) is 85.2 Å². The third-order valence-electron chi connectivity index (χ3n) is 19.3. The van der Waals surface area contributed by atoms with Crippen molar-refractivity contribution in [3.63, 3.8) is 0 Å². The number of nitrogens with two attached hydrogens (primary N) is 3. The summed E-state index contributed by atoms with van der Waals surface area (Å²) in [5, 5.41) is 14.9. The molecule has 12 atom stereocenters. The maximum Gasteiger partial charge on any atom is 0.418 e. The van der Waals surface area contributed by atoms with Gasteiger partial charge in [-0.2, -0.15) is 66.6 Å². The Bertz CT molecular complexity index is 3790. The standard InChI is InChI=1S/C13H22N6O7S.C13H21N5O8S.C13H21N3O8S.C12H21N5O9S2/c14-12(15)17-5-1-2-9(17)7-25-16-11(20)10-4-3-8-6-18(10)13(21)19(8)26-27(22,23)24;14-12(20)16-5-1-2-9(16)7-25-15-11(19)10-4-3-8-6-17(10)13(21)18(8)26-27(22,23)24;17-12(14-23-8-10-3-1-2-6-22-10)11-5-4-9-7-15(11)13(18)16(9)24-25(19,20)21;13-27(20,21)16-5-1-2-9(16)7-25-14-11(18)10-4-3-8-6-15(10)12(19)17(8)26-28(22,23)24/h8-10H,1-7H2,(H3,14,15)(H,16,20)(H,22,23,24);8-10H,1-7H2,(H2,14,20)(H,15,19)(H,22,23,24);9-11H,1-8H2,(H,14,17)(H,19,20,21);8-10H,1-7H2,(H,14,18)(H2,13,20,21)(H,22,23,24)/t2*8-,9?,10+;9-,10?,11+;8-,9?,10+/m1111/s1. The zero-order valence-electron chi connectivity index (χ0n) is 56.8. The first-order valence-corrected chi connectivity index (χ1v) is 40.4. The first-order valence-electron chi connectivity index (χ1n) is 33.5. The van der Waals surface area contributed by atoms with Crippen LogP contribution in [0.4, 0.5) is 24.0 Å². The van der Waals surface area contributed by atoms with Gasteiger partial charge in [0.25, 0.3) is 33.8 Å². The van der Waals surface area contributed by atoms with E-state index in [0.717, 1.165) is 52.6 Å². The van der Waals surface area contributed by atoms with Crippen LogP contribution in [0, 0.1) is 5.41 Å². The number of rotatable bonds is 25. The maximum atomic E-state index is 12.4. The van der Waals surface area contributed by atoms with Gasteiger partial charge in [-0.25, -0.2) is 51.0 Å². The van der Waals surface area contributed by atoms with Crippen molar-refractivity contribution in [3.05, 3.63) is 0 Å². The molecule has 14 amide bonds. The average molecular weight is 1640 g/mol. The highest BCUT2D eigenvalue weighted by Crippen LogP contribution is 2.35. The summed E-state index contributed by atoms with van der Waals surface area (Å²) in [4.78, 5) is 138. The van der Waals surface area contributed by atoms with Crippen molar-refractivity contribution >= 4 is 112 Å². The molecule has 12 rings (SSSR count). The molecule has 0 spiro atoms. The van der Waals surface area contributed by atoms with Crippen LogP contribution in [-0.2, 0) is 112 Å². The molecular weight excluding hydrogens is 1550 g/mol. The number of hydrogen-bond donors (Lipinski definition) is 12. The van der Waals surface area contributed by atoms with Crippen LogP contribution >= 0.6 is 0 Å². The molecule has 0 aromatic carbocycles. The number of carbonyl (C=O) groups excluding carboxylic acids is 9. The Hall–Kier alpha value is -7.35. The quantitative estimate of drug-likeness (QED) is 0.0175. The van der Waals surface area contributed by atoms with E-state index in [1.54, 1.807) is 4.90 Å². The Morgan fingerprint density at radius 3 is 1.04 bits per heavy atom. The molecule has 8 bridgehead atoms. The second-order valence-electron chi connectivity index (χ2n) is 26.3. The van der Waals surface area contributed by atoms with E-state index < -0.39 is 160 Å². The number of guanidine groups is 1. The smallest absolute Gasteiger partial charge is 0.376 e. The molecule has 12 aliphatic heterocycles. The summed E-state index contributed by atoms with van der Waals surface area (Å²) < 4.78 is 169. The van der Waals surface area contributed by atoms with Crippen LogP contribution in [0.25, 0.3) is 0 Å². The van der Waals surface area contributed by atoms with E-state index >= 15 is 0 Å². The van der Waals surface area contributed by atoms with Crippen molar-refractivity contribution < 1.29 is 145 Å². The number of likely N-dealkylation sites (tertiary alicyclic amines) is 2. The number of urea groups is 5. The highest BCUT2D eigenvalue weighted by atomic mass is 32.3. The van der Waals surface area contributed by atoms with Crippen LogP contribution in [0.15, 0.2) is 0 Å². The third kappa shape index (κ3) is 22.0. The van der Waals surface area contributed by atoms with Crippen LogP contribution in [0.5, 0.6) is 0 Å². The predicted molar refractivity (Wildman–Crippen MR) is 347 cm³/mol. The molecule has 56 heteroatoms. The summed E-state index contributed by atoms with van der Waals surface area (Å²) in [6.07, 6.45) is 9.59. The number of nitrogens with one attached hydrogen (secondary N) is 5. The molecule has 12 fully saturated rings. The summed E-state index contributed by atoms with van der Waals surface area (Å²) in [6.45, 7) is 2.86. The van der Waals surface area contributed by atoms with Gasteiger partial charge in [0, 0.05) is 52.4 Å². The Balaban J connectivity index is 0.000000165. The van der Waals surface area contributed by atoms with Crippen molar-refractivity contribution in [1.29, 1.82) is 5.41 Å². The van der Waals surface area contributed by atoms with Gasteiger partial charge < -0.3 is 45.6 Å². The fourth-order valence-corrected chi connectivity index (χ4v) is 16.9. The molecule has 606 valence electrons. The van der Waals surface area contributed by atoms with Crippen molar-refractivity contribution in [2.75, 3.05) is 78.8 Å². The molecule has 12 aliphatic rings. The van der Waals surface area contributed by atoms with Gasteiger partial charge in [0.15, 0.2) is 5.96 Å². The van der Waals surface area contributed by atoms with E-state index in [1.165, 1.54) is 14.7 Å². The number of nitrogens with zero attached hydrogens (tertiary/aromatic N) is 11. The summed E-state index contributed by atoms with van der Waals surface area (Å²) in [7, 11) is -23.2. The van der Waals surface area contributed by atoms with Crippen LogP contribution in [0.1, 0.15) is 109 Å². The van der Waals surface area contributed by atoms with E-state index in [2.05, 4.69) is 39.1 Å². The molecule has 0 aromatic heterocycles. The number of fused-ring (bicyclic) bond motifs is 8. The Labute approximate surface area is 612 Å². The molecule has 0 aliphatic carbocycles. The lowest BCUT2D eigenvalue weighted by Gasteiger charge is -2.29. The average Bonchev–Trinajstić information content (AvgIpc) is 1.65. The first kappa shape index (κ1) is 83.7. The zero-order chi connectivity index (χ0) is 78.3. The number of primary amides is 1. The molecule has 15 N–H and O–H groups in total. The molecule has 12 heterocycles. The Kier molecular flexibility index (Phi) is 27.5. The van der Waals surface area contributed by atoms with Crippen molar-refractivity contribution in [2.45, 2.75) is 182 Å². The fourth-order valence-electron chi connectivity index (χ4n) is 14.4. The number of hydrogen-bond acceptors (Lipinski definition) is 29. The van der Waals surface area contributed by atoms with Gasteiger partial charge in [-0.1, -0.05) is 0 Å². The molecule has 0 radical (unpaired) electrons. The number of carbonyl (C=O) groups is 9. The minimum atomic E-state index is -4.87. The number of ether oxygens (including phenoxy) is 1. The minimum absolute atomic E-state index is 0.0488. The lowest BCUT2D eigenvalue weighted by molar-refractivity contribution is -0.143. The molecule has 0 saturated carbocycles. The topological polar surface area (TPSA) is 674 Å². The van der Waals surface area contributed by atoms with Crippen molar-refractivity contribution in [2.24, 2.45) is 16.6 Å². The molecule has 12 saturated heterocycles. The molecule has 107 heavy (non-hydrogen) atoms. The summed E-state index contributed by atoms with van der Waals surface area (Å²) in [5.41, 5.74) is 19.9. The first-order chi connectivity index (χ1) is 50.2. The lowest BCUT2D eigenvalue weighted by atomic mass is 10.0. The van der Waals surface area contributed by atoms with Gasteiger partial charge >= 0.3 is 71.8 Å². The largest absolute Gasteiger partial charge is 0.418 e. The number of hydroxylamine groups is 12. The van der Waals surface area contributed by atoms with Gasteiger partial charge in [-0.05, 0) is 109 Å². The van der Waals surface area contributed by atoms with Gasteiger partial charge in [0.2, 0.25) is 0 Å². The molecular formula is C51H85N19O32S5. The SMILES string of the molecule is N=C(N)N1CCCC1CONC(=O)[C@@H]1CC[C@@H]2CN1C(=O)N2OS(=O)(=O)O.NC(=O)N1CCCC1CONC(=O)[C@@H]1CC[C@@H]2CN1C(=O)N2OS(=O)(=O)O.NS(=O)(=O)N1CCCC1CONC(=O)[C@@H]1CC[C@@H]2CN1C(=O)N2OS(=O)(=O)O.O=C(NOCC1CCCCO1)[C@@H]1CC[C@@H]2CN1C(=O)N2OS(=O)(=O)O. The van der Waals surface area contributed by atoms with Gasteiger partial charge in [0.05, 0.1) is 68.2 Å². The Morgan fingerprint density at radius 1 is 0.421 bits per heavy atom. The highest BCUT2D eigenvalue weighted by Gasteiger charge is 2.54. The molecule has 0 aromatic rings. The maximum absolute atomic E-state index is 12.4. The minimum Gasteiger partial charge on any atom is -0.376 e. The predicted octanol–water partition coefficient (Wildman–Crippen LogP) is -5.71. The molecule has 4 unspecified atom stereocenters. The van der Waals surface area contributed by atoms with E-state index in [1.807, 2.05) is 0 Å². The van der Waals surface area contributed by atoms with Crippen LogP contribution in [0.2, 0.25) is 0 Å². The second-order valence-corrected chi connectivity index (χ2v) is 31.8. The van der Waals surface area contributed by atoms with E-state index in [4.69, 9.17) is 64.3 Å². The third-order valence-corrected chi connectivity index (χ3v) is 21.8. The van der Waals surface area contributed by atoms with Crippen molar-refractivity contribution in [3.8, 4) is 0 Å². The monoisotopic (exact) mass is 1640 g/mol. The highest BCUT2D eigenvalue weighted by molar-refractivity contribution is 7.86. The van der Waals surface area contributed by atoms with Crippen LogP contribution in [-0.4, -0.2) is 325 Å². The van der Waals surface area contributed by atoms with Crippen molar-refractivity contribution in [1.82, 2.24) is 75.9 Å². The van der Waals surface area contributed by atoms with E-state index in [0.29, 0.717) is 91.3 Å². The zero-order valence-corrected chi connectivity index (χ0v) is 60.9. The van der Waals surface area contributed by atoms with Gasteiger partial charge in [0.1, 0.15) is 30.8 Å². The number of amides is 14. The van der Waals surface area contributed by atoms with E-state index in [-0.39, 0.29) is 103 Å². The van der Waals surface area contributed by atoms with Gasteiger partial charge in [-0.15, -0.1) is 17.1 Å². The number of piperidine rings is 4. The molecule has 51 nitrogen and oxygen atoms in total. The fraction of sp³-hybridized carbons (Fsp3) is 0.804. The second kappa shape index (κ2) is 35.1. The normalized spacial score (nSPS) is 28.6. The lowest BCUT2D eigenvalue weighted by Crippen LogP contribution is -2.50. The summed E-state index contributed by atoms with van der Waals surface area (Å²) >= 11 is 0. The Morgan fingerprint density at radius 2 is 0.729 bits per heavy atom. The van der Waals surface area contributed by atoms with Crippen LogP contribution < -0.4 is 38.5 Å². The summed E-state index contributed by atoms with van der Waals surface area (Å²) in [6, 6.07) is -10.4. The van der Waals surface area contributed by atoms with Crippen LogP contribution in [0.3, 0.4) is 0 Å². The van der Waals surface area contributed by atoms with Gasteiger partial charge in [-0.3, -0.25) is 62.1 Å². The summed E-state index contributed by atoms with van der Waals surface area (Å²) in [5.74, 6) is -2.29.